The number of fused-ring (bicyclic) bond motifs is 2. The second kappa shape index (κ2) is 5.65. The summed E-state index contributed by atoms with van der Waals surface area (Å²) in [5.41, 5.74) is -0.317. The van der Waals surface area contributed by atoms with E-state index < -0.39 is 0 Å². The van der Waals surface area contributed by atoms with Crippen molar-refractivity contribution in [3.63, 3.8) is 0 Å². The van der Waals surface area contributed by atoms with Crippen LogP contribution in [0, 0.1) is 29.1 Å². The van der Waals surface area contributed by atoms with Crippen LogP contribution in [0.3, 0.4) is 0 Å². The summed E-state index contributed by atoms with van der Waals surface area (Å²) in [5, 5.41) is 0. The van der Waals surface area contributed by atoms with Crippen LogP contribution in [-0.2, 0) is 14.4 Å². The molecule has 0 N–H and O–H groups in total. The molecule has 0 aromatic rings. The van der Waals surface area contributed by atoms with Crippen LogP contribution in [0.2, 0.25) is 0 Å². The van der Waals surface area contributed by atoms with Crippen molar-refractivity contribution < 1.29 is 14.4 Å². The molecule has 0 aromatic carbocycles. The number of piperidine rings is 1. The molecule has 5 nitrogen and oxygen atoms in total. The first kappa shape index (κ1) is 16.2. The number of likely N-dealkylation sites (tertiary alicyclic amines) is 2. The van der Waals surface area contributed by atoms with E-state index >= 15 is 0 Å². The zero-order chi connectivity index (χ0) is 17.1. The van der Waals surface area contributed by atoms with Gasteiger partial charge < -0.3 is 4.90 Å². The predicted octanol–water partition coefficient (Wildman–Crippen LogP) is 1.71. The first-order valence-corrected chi connectivity index (χ1v) is 9.53. The number of rotatable bonds is 3. The van der Waals surface area contributed by atoms with E-state index in [1.807, 2.05) is 6.92 Å². The van der Waals surface area contributed by atoms with Gasteiger partial charge in [0.05, 0.1) is 11.8 Å². The zero-order valence-corrected chi connectivity index (χ0v) is 14.8. The molecule has 2 amide bonds. The molecule has 2 heterocycles. The molecule has 2 unspecified atom stereocenters. The summed E-state index contributed by atoms with van der Waals surface area (Å²) in [6.45, 7) is 7.54. The van der Waals surface area contributed by atoms with Gasteiger partial charge in [0.25, 0.3) is 0 Å². The molecule has 2 bridgehead atoms. The highest BCUT2D eigenvalue weighted by Crippen LogP contribution is 2.60. The second-order valence-corrected chi connectivity index (χ2v) is 8.74. The van der Waals surface area contributed by atoms with Gasteiger partial charge in [-0.3, -0.25) is 19.3 Å². The Balaban J connectivity index is 1.54. The Bertz CT molecular complexity index is 583. The SMILES string of the molecule is C[C@@H]1C[C@]2(C)CC(=O)[C@H]1C1C(=O)N(CCN3CCCCC3)C(=O)C12. The molecule has 3 aliphatic carbocycles. The number of Topliss-reactive ketones (excluding diaryl/α,β-unsaturated/α-hetero) is 1. The largest absolute Gasteiger partial charge is 0.302 e. The summed E-state index contributed by atoms with van der Waals surface area (Å²) in [5.74, 6) is -0.521. The summed E-state index contributed by atoms with van der Waals surface area (Å²) in [4.78, 5) is 42.3. The van der Waals surface area contributed by atoms with Crippen molar-refractivity contribution in [3.05, 3.63) is 0 Å². The second-order valence-electron chi connectivity index (χ2n) is 8.74. The minimum absolute atomic E-state index is 0.00564. The number of carbonyl (C=O) groups is 3. The third kappa shape index (κ3) is 2.27. The lowest BCUT2D eigenvalue weighted by molar-refractivity contribution is -0.157. The minimum Gasteiger partial charge on any atom is -0.302 e. The Morgan fingerprint density at radius 2 is 1.71 bits per heavy atom. The third-order valence-electron chi connectivity index (χ3n) is 7.02. The minimum atomic E-state index is -0.381. The molecular weight excluding hydrogens is 304 g/mol. The highest BCUT2D eigenvalue weighted by atomic mass is 16.2. The van der Waals surface area contributed by atoms with Gasteiger partial charge in [-0.25, -0.2) is 0 Å². The van der Waals surface area contributed by atoms with E-state index in [0.29, 0.717) is 13.0 Å². The zero-order valence-electron chi connectivity index (χ0n) is 14.8. The van der Waals surface area contributed by atoms with Crippen LogP contribution in [0.25, 0.3) is 0 Å². The quantitative estimate of drug-likeness (QED) is 0.738. The van der Waals surface area contributed by atoms with Crippen LogP contribution in [0.15, 0.2) is 0 Å². The van der Waals surface area contributed by atoms with Crippen LogP contribution in [-0.4, -0.2) is 53.6 Å². The maximum atomic E-state index is 13.0. The number of hydrogen-bond acceptors (Lipinski definition) is 4. The monoisotopic (exact) mass is 332 g/mol. The molecule has 5 rings (SSSR count). The Morgan fingerprint density at radius 3 is 2.38 bits per heavy atom. The fourth-order valence-corrected chi connectivity index (χ4v) is 6.05. The fraction of sp³-hybridized carbons (Fsp3) is 0.842. The average molecular weight is 332 g/mol. The van der Waals surface area contributed by atoms with E-state index in [9.17, 15) is 14.4 Å². The molecule has 0 aromatic heterocycles. The standard InChI is InChI=1S/C19H28N2O3/c1-12-10-19(2)11-13(22)14(12)15-16(19)18(24)21(17(15)23)9-8-20-6-4-3-5-7-20/h12,14-16H,3-11H2,1-2H3/t12-,14+,15?,16?,19-/m1/s1. The molecule has 5 atom stereocenters. The van der Waals surface area contributed by atoms with Crippen LogP contribution in [0.5, 0.6) is 0 Å². The maximum Gasteiger partial charge on any atom is 0.233 e. The van der Waals surface area contributed by atoms with E-state index in [1.54, 1.807) is 0 Å². The van der Waals surface area contributed by atoms with Gasteiger partial charge in [0, 0.05) is 25.4 Å². The Kier molecular flexibility index (Phi) is 3.83. The summed E-state index contributed by atoms with van der Waals surface area (Å²) >= 11 is 0. The fourth-order valence-electron chi connectivity index (χ4n) is 6.05. The van der Waals surface area contributed by atoms with Crippen molar-refractivity contribution in [1.29, 1.82) is 0 Å². The lowest BCUT2D eigenvalue weighted by Gasteiger charge is -2.52. The number of nitrogens with zero attached hydrogens (tertiary/aromatic N) is 2. The van der Waals surface area contributed by atoms with Crippen molar-refractivity contribution in [1.82, 2.24) is 9.80 Å². The highest BCUT2D eigenvalue weighted by molar-refractivity contribution is 6.09. The molecule has 5 fully saturated rings. The summed E-state index contributed by atoms with van der Waals surface area (Å²) < 4.78 is 0. The maximum absolute atomic E-state index is 13.0. The number of imide groups is 1. The van der Waals surface area contributed by atoms with E-state index in [2.05, 4.69) is 11.8 Å². The molecule has 2 saturated heterocycles. The molecule has 5 heteroatoms. The van der Waals surface area contributed by atoms with Gasteiger partial charge in [-0.05, 0) is 43.7 Å². The number of carbonyl (C=O) groups excluding carboxylic acids is 3. The van der Waals surface area contributed by atoms with Crippen molar-refractivity contribution in [3.8, 4) is 0 Å². The van der Waals surface area contributed by atoms with Gasteiger partial charge >= 0.3 is 0 Å². The summed E-state index contributed by atoms with van der Waals surface area (Å²) in [7, 11) is 0. The van der Waals surface area contributed by atoms with Crippen LogP contribution in [0.4, 0.5) is 0 Å². The van der Waals surface area contributed by atoms with E-state index in [0.717, 1.165) is 26.1 Å². The van der Waals surface area contributed by atoms with Crippen LogP contribution >= 0.6 is 0 Å². The first-order valence-electron chi connectivity index (χ1n) is 9.53. The molecule has 3 saturated carbocycles. The third-order valence-corrected chi connectivity index (χ3v) is 7.02. The number of ketones is 1. The lowest BCUT2D eigenvalue weighted by atomic mass is 9.48. The molecule has 2 aliphatic heterocycles. The van der Waals surface area contributed by atoms with Crippen molar-refractivity contribution >= 4 is 17.6 Å². The first-order chi connectivity index (χ1) is 11.4. The van der Waals surface area contributed by atoms with Gasteiger partial charge in [-0.15, -0.1) is 0 Å². The van der Waals surface area contributed by atoms with Crippen molar-refractivity contribution in [2.24, 2.45) is 29.1 Å². The Labute approximate surface area is 143 Å². The topological polar surface area (TPSA) is 57.7 Å². The van der Waals surface area contributed by atoms with Gasteiger partial charge in [0.1, 0.15) is 5.78 Å². The lowest BCUT2D eigenvalue weighted by Crippen LogP contribution is -2.56. The van der Waals surface area contributed by atoms with Gasteiger partial charge in [0.15, 0.2) is 0 Å². The van der Waals surface area contributed by atoms with Crippen LogP contribution in [0.1, 0.15) is 46.0 Å². The summed E-state index contributed by atoms with van der Waals surface area (Å²) in [6.07, 6.45) is 5.06. The molecule has 132 valence electrons. The van der Waals surface area contributed by atoms with Gasteiger partial charge in [-0.2, -0.15) is 0 Å². The van der Waals surface area contributed by atoms with Crippen molar-refractivity contribution in [2.75, 3.05) is 26.2 Å². The van der Waals surface area contributed by atoms with E-state index in [4.69, 9.17) is 0 Å². The van der Waals surface area contributed by atoms with Crippen molar-refractivity contribution in [2.45, 2.75) is 46.0 Å². The molecule has 24 heavy (non-hydrogen) atoms. The Morgan fingerprint density at radius 1 is 1.00 bits per heavy atom. The Hall–Kier alpha value is -1.23. The molecule has 0 radical (unpaired) electrons. The molecule has 0 spiro atoms. The highest BCUT2D eigenvalue weighted by Gasteiger charge is 2.66. The smallest absolute Gasteiger partial charge is 0.233 e. The average Bonchev–Trinajstić information content (AvgIpc) is 2.78. The number of amides is 2. The van der Waals surface area contributed by atoms with Gasteiger partial charge in [-0.1, -0.05) is 20.3 Å². The molecule has 5 aliphatic rings. The van der Waals surface area contributed by atoms with E-state index in [-0.39, 0.29) is 46.7 Å². The van der Waals surface area contributed by atoms with Crippen LogP contribution < -0.4 is 0 Å². The summed E-state index contributed by atoms with van der Waals surface area (Å²) in [6, 6.07) is 0. The number of hydrogen-bond donors (Lipinski definition) is 0. The van der Waals surface area contributed by atoms with Gasteiger partial charge in [0.2, 0.25) is 11.8 Å². The van der Waals surface area contributed by atoms with E-state index in [1.165, 1.54) is 24.2 Å². The normalized spacial score (nSPS) is 42.8. The molecular formula is C19H28N2O3. The predicted molar refractivity (Wildman–Crippen MR) is 89.0 cm³/mol.